The number of aryl methyl sites for hydroxylation is 1. The van der Waals surface area contributed by atoms with Crippen LogP contribution in [0.1, 0.15) is 75.0 Å². The van der Waals surface area contributed by atoms with E-state index in [2.05, 4.69) is 221 Å². The van der Waals surface area contributed by atoms with E-state index in [0.29, 0.717) is 0 Å². The number of hydrogen-bond donors (Lipinski definition) is 0. The molecule has 0 aromatic heterocycles. The minimum absolute atomic E-state index is 0.0109. The highest BCUT2D eigenvalue weighted by molar-refractivity contribution is 5.96. The highest BCUT2D eigenvalue weighted by Crippen LogP contribution is 2.68. The first-order valence-corrected chi connectivity index (χ1v) is 21.4. The summed E-state index contributed by atoms with van der Waals surface area (Å²) in [5.41, 5.74) is 27.0. The molecular formula is C60H42. The van der Waals surface area contributed by atoms with Crippen LogP contribution >= 0.6 is 0 Å². The highest BCUT2D eigenvalue weighted by atomic mass is 14.6. The SMILES string of the molecule is Cc1ccc2c(c1)C1(c3ccccc3-c3ccccc31)c1c(-c3ccc(-c4ccc5c(c4)-c4ccccc4C5(C)C)cc3)cccc1C21c2ccccc2-c2ccccc21. The van der Waals surface area contributed by atoms with Crippen molar-refractivity contribution in [2.75, 3.05) is 0 Å². The molecule has 0 saturated heterocycles. The topological polar surface area (TPSA) is 0 Å². The summed E-state index contributed by atoms with van der Waals surface area (Å²) in [6.45, 7) is 6.98. The molecule has 0 heteroatoms. The van der Waals surface area contributed by atoms with E-state index in [0.717, 1.165) is 0 Å². The molecule has 0 unspecified atom stereocenters. The second-order valence-corrected chi connectivity index (χ2v) is 18.0. The van der Waals surface area contributed by atoms with Gasteiger partial charge in [-0.2, -0.15) is 0 Å². The molecule has 60 heavy (non-hydrogen) atoms. The third-order valence-corrected chi connectivity index (χ3v) is 14.8. The lowest BCUT2D eigenvalue weighted by Crippen LogP contribution is -2.44. The van der Waals surface area contributed by atoms with Gasteiger partial charge in [-0.3, -0.25) is 0 Å². The Morgan fingerprint density at radius 1 is 0.267 bits per heavy atom. The van der Waals surface area contributed by atoms with Gasteiger partial charge in [-0.25, -0.2) is 0 Å². The molecule has 0 atom stereocenters. The van der Waals surface area contributed by atoms with Crippen molar-refractivity contribution in [3.63, 3.8) is 0 Å². The molecule has 282 valence electrons. The van der Waals surface area contributed by atoms with Crippen LogP contribution in [0, 0.1) is 6.92 Å². The fraction of sp³-hybridized carbons (Fsp3) is 0.100. The average molecular weight is 763 g/mol. The Morgan fingerprint density at radius 2 is 0.683 bits per heavy atom. The Kier molecular flexibility index (Phi) is 6.67. The Balaban J connectivity index is 1.11. The standard InChI is InChI=1S/C60H42/c1-37-27-33-54-56(35-37)60(52-24-12-7-17-44(52)45-18-8-13-25-53(45)60)57-41(20-14-26-55(57)59(54)50-22-10-5-15-42(50)43-16-6-11-23-51(43)59)39-30-28-38(29-31-39)40-32-34-49-47(36-40)46-19-4-9-21-48(46)58(49,2)3/h4-36H,1-3H3. The molecule has 13 rings (SSSR count). The maximum absolute atomic E-state index is 2.52. The maximum atomic E-state index is 2.52. The zero-order valence-corrected chi connectivity index (χ0v) is 34.1. The van der Waals surface area contributed by atoms with Crippen molar-refractivity contribution >= 4 is 0 Å². The molecule has 9 aromatic rings. The lowest BCUT2D eigenvalue weighted by atomic mass is 9.51. The Bertz CT molecular complexity index is 3210. The minimum atomic E-state index is -0.545. The van der Waals surface area contributed by atoms with Gasteiger partial charge in [-0.15, -0.1) is 0 Å². The molecule has 0 fully saturated rings. The van der Waals surface area contributed by atoms with E-state index in [-0.39, 0.29) is 5.41 Å². The molecule has 0 saturated carbocycles. The third-order valence-electron chi connectivity index (χ3n) is 14.8. The predicted octanol–water partition coefficient (Wildman–Crippen LogP) is 14.7. The summed E-state index contributed by atoms with van der Waals surface area (Å²) in [4.78, 5) is 0. The molecule has 9 aromatic carbocycles. The van der Waals surface area contributed by atoms with Crippen LogP contribution < -0.4 is 0 Å². The largest absolute Gasteiger partial charge is 0.0726 e. The first-order valence-electron chi connectivity index (χ1n) is 21.4. The van der Waals surface area contributed by atoms with Crippen LogP contribution in [0.25, 0.3) is 55.6 Å². The monoisotopic (exact) mass is 762 g/mol. The molecule has 0 aliphatic heterocycles. The molecular weight excluding hydrogens is 721 g/mol. The summed E-state index contributed by atoms with van der Waals surface area (Å²) in [6, 6.07) is 76.8. The van der Waals surface area contributed by atoms with Gasteiger partial charge in [0.1, 0.15) is 0 Å². The molecule has 0 radical (unpaired) electrons. The van der Waals surface area contributed by atoms with Gasteiger partial charge in [-0.1, -0.05) is 214 Å². The van der Waals surface area contributed by atoms with Crippen LogP contribution in [0.3, 0.4) is 0 Å². The van der Waals surface area contributed by atoms with E-state index >= 15 is 0 Å². The van der Waals surface area contributed by atoms with Crippen molar-refractivity contribution in [3.05, 3.63) is 261 Å². The predicted molar refractivity (Wildman–Crippen MR) is 248 cm³/mol. The summed E-state index contributed by atoms with van der Waals surface area (Å²) in [5, 5.41) is 0. The van der Waals surface area contributed by atoms with Gasteiger partial charge in [0.25, 0.3) is 0 Å². The van der Waals surface area contributed by atoms with Crippen LogP contribution in [0.2, 0.25) is 0 Å². The van der Waals surface area contributed by atoms with E-state index in [9.17, 15) is 0 Å². The Morgan fingerprint density at radius 3 is 1.27 bits per heavy atom. The molecule has 4 aliphatic rings. The van der Waals surface area contributed by atoms with E-state index in [1.54, 1.807) is 0 Å². The number of benzene rings is 9. The quantitative estimate of drug-likeness (QED) is 0.165. The number of rotatable bonds is 2. The summed E-state index contributed by atoms with van der Waals surface area (Å²) in [7, 11) is 0. The van der Waals surface area contributed by atoms with E-state index < -0.39 is 10.8 Å². The number of fused-ring (bicyclic) bond motifs is 19. The van der Waals surface area contributed by atoms with Crippen LogP contribution in [0.5, 0.6) is 0 Å². The Hall–Kier alpha value is -7.02. The van der Waals surface area contributed by atoms with E-state index in [1.165, 1.54) is 117 Å². The van der Waals surface area contributed by atoms with Crippen molar-refractivity contribution in [1.29, 1.82) is 0 Å². The summed E-state index contributed by atoms with van der Waals surface area (Å²) in [6.07, 6.45) is 0. The van der Waals surface area contributed by atoms with Gasteiger partial charge in [0, 0.05) is 5.41 Å². The summed E-state index contributed by atoms with van der Waals surface area (Å²) >= 11 is 0. The fourth-order valence-electron chi connectivity index (χ4n) is 12.4. The molecule has 0 bridgehead atoms. The highest BCUT2D eigenvalue weighted by Gasteiger charge is 2.59. The second-order valence-electron chi connectivity index (χ2n) is 18.0. The molecule has 0 heterocycles. The molecule has 4 aliphatic carbocycles. The summed E-state index contributed by atoms with van der Waals surface area (Å²) < 4.78 is 0. The van der Waals surface area contributed by atoms with Crippen molar-refractivity contribution < 1.29 is 0 Å². The van der Waals surface area contributed by atoms with Gasteiger partial charge < -0.3 is 0 Å². The van der Waals surface area contributed by atoms with Gasteiger partial charge in [0.2, 0.25) is 0 Å². The number of hydrogen-bond acceptors (Lipinski definition) is 0. The molecule has 0 nitrogen and oxygen atoms in total. The first kappa shape index (κ1) is 33.9. The van der Waals surface area contributed by atoms with Gasteiger partial charge >= 0.3 is 0 Å². The maximum Gasteiger partial charge on any atom is 0.0726 e. The second kappa shape index (κ2) is 11.8. The fourth-order valence-corrected chi connectivity index (χ4v) is 12.4. The Labute approximate surface area is 352 Å². The van der Waals surface area contributed by atoms with Crippen molar-refractivity contribution in [2.45, 2.75) is 37.0 Å². The molecule has 0 N–H and O–H groups in total. The van der Waals surface area contributed by atoms with Crippen LogP contribution in [-0.2, 0) is 16.2 Å². The lowest BCUT2D eigenvalue weighted by Gasteiger charge is -2.50. The van der Waals surface area contributed by atoms with Crippen LogP contribution in [-0.4, -0.2) is 0 Å². The van der Waals surface area contributed by atoms with Gasteiger partial charge in [-0.05, 0) is 124 Å². The minimum Gasteiger partial charge on any atom is -0.0619 e. The van der Waals surface area contributed by atoms with Crippen LogP contribution in [0.15, 0.2) is 200 Å². The first-order chi connectivity index (χ1) is 29.4. The normalized spacial score (nSPS) is 15.7. The van der Waals surface area contributed by atoms with E-state index in [4.69, 9.17) is 0 Å². The summed E-state index contributed by atoms with van der Waals surface area (Å²) in [5.74, 6) is 0. The molecule has 0 amide bonds. The average Bonchev–Trinajstić information content (AvgIpc) is 3.85. The van der Waals surface area contributed by atoms with Crippen molar-refractivity contribution in [3.8, 4) is 55.6 Å². The van der Waals surface area contributed by atoms with E-state index in [1.807, 2.05) is 0 Å². The zero-order valence-electron chi connectivity index (χ0n) is 34.1. The third kappa shape index (κ3) is 4.02. The lowest BCUT2D eigenvalue weighted by molar-refractivity contribution is 0.633. The van der Waals surface area contributed by atoms with Gasteiger partial charge in [0.15, 0.2) is 0 Å². The van der Waals surface area contributed by atoms with Gasteiger partial charge in [0.05, 0.1) is 10.8 Å². The van der Waals surface area contributed by atoms with Crippen molar-refractivity contribution in [1.82, 2.24) is 0 Å². The van der Waals surface area contributed by atoms with Crippen LogP contribution in [0.4, 0.5) is 0 Å². The zero-order chi connectivity index (χ0) is 40.0. The van der Waals surface area contributed by atoms with Crippen molar-refractivity contribution in [2.24, 2.45) is 0 Å². The smallest absolute Gasteiger partial charge is 0.0619 e. The molecule has 2 spiro atoms.